The molecule has 0 aromatic heterocycles. The number of aliphatic imine (C=N–C) groups is 1. The number of halogens is 1. The van der Waals surface area contributed by atoms with Crippen molar-refractivity contribution >= 4 is 36.0 Å². The Hall–Kier alpha value is -1.55. The Morgan fingerprint density at radius 1 is 1.10 bits per heavy atom. The molecule has 174 valence electrons. The van der Waals surface area contributed by atoms with Crippen molar-refractivity contribution in [3.63, 3.8) is 0 Å². The van der Waals surface area contributed by atoms with Gasteiger partial charge in [0.05, 0.1) is 13.2 Å². The number of nitrogens with one attached hydrogen (secondary N) is 1. The Morgan fingerprint density at radius 2 is 1.74 bits per heavy atom. The van der Waals surface area contributed by atoms with Gasteiger partial charge in [0, 0.05) is 25.7 Å². The van der Waals surface area contributed by atoms with Gasteiger partial charge in [0.2, 0.25) is 0 Å². The Bertz CT molecular complexity index is 699. The molecule has 3 N–H and O–H groups in total. The van der Waals surface area contributed by atoms with Crippen LogP contribution in [0.3, 0.4) is 0 Å². The zero-order chi connectivity index (χ0) is 21.2. The third kappa shape index (κ3) is 8.48. The summed E-state index contributed by atoms with van der Waals surface area (Å²) in [5.41, 5.74) is 8.76. The highest BCUT2D eigenvalue weighted by molar-refractivity contribution is 14.0. The number of carbonyl (C=O) groups excluding carboxylic acids is 1. The third-order valence-electron chi connectivity index (χ3n) is 6.00. The van der Waals surface area contributed by atoms with Gasteiger partial charge in [-0.1, -0.05) is 37.1 Å². The highest BCUT2D eigenvalue weighted by Gasteiger charge is 2.23. The molecule has 0 spiro atoms. The first-order valence-electron chi connectivity index (χ1n) is 11.4. The lowest BCUT2D eigenvalue weighted by Crippen LogP contribution is -2.48. The minimum absolute atomic E-state index is 0. The molecule has 1 amide bonds. The van der Waals surface area contributed by atoms with Gasteiger partial charge < -0.3 is 20.7 Å². The van der Waals surface area contributed by atoms with Crippen molar-refractivity contribution in [2.24, 2.45) is 10.7 Å². The first-order valence-corrected chi connectivity index (χ1v) is 11.4. The van der Waals surface area contributed by atoms with Crippen LogP contribution in [-0.4, -0.2) is 60.7 Å². The summed E-state index contributed by atoms with van der Waals surface area (Å²) in [5.74, 6) is 0.481. The molecule has 0 bridgehead atoms. The number of hydrogen-bond acceptors (Lipinski definition) is 4. The molecule has 3 rings (SSSR count). The molecule has 2 aliphatic heterocycles. The lowest BCUT2D eigenvalue weighted by molar-refractivity contribution is 0.0963. The quantitative estimate of drug-likeness (QED) is 0.325. The molecule has 1 aromatic carbocycles. The maximum absolute atomic E-state index is 11.8. The van der Waals surface area contributed by atoms with Crippen LogP contribution in [0.4, 0.5) is 4.79 Å². The average Bonchev–Trinajstić information content (AvgIpc) is 3.02. The van der Waals surface area contributed by atoms with E-state index in [0.717, 1.165) is 19.4 Å². The zero-order valence-corrected chi connectivity index (χ0v) is 21.1. The molecule has 0 atom stereocenters. The second-order valence-electron chi connectivity index (χ2n) is 8.27. The second kappa shape index (κ2) is 13.8. The van der Waals surface area contributed by atoms with Crippen LogP contribution in [-0.2, 0) is 17.8 Å². The van der Waals surface area contributed by atoms with E-state index in [1.807, 2.05) is 6.92 Å². The maximum atomic E-state index is 11.8. The normalized spacial score (nSPS) is 18.7. The monoisotopic (exact) mass is 543 g/mol. The van der Waals surface area contributed by atoms with Crippen molar-refractivity contribution < 1.29 is 9.53 Å². The number of guanidine groups is 1. The predicted octanol–water partition coefficient (Wildman–Crippen LogP) is 3.71. The fourth-order valence-corrected chi connectivity index (χ4v) is 4.25. The molecule has 1 aromatic rings. The smallest absolute Gasteiger partial charge is 0.409 e. The molecule has 2 aliphatic rings. The number of piperidine rings is 1. The summed E-state index contributed by atoms with van der Waals surface area (Å²) in [6, 6.07) is 8.79. The van der Waals surface area contributed by atoms with E-state index in [0.29, 0.717) is 32.2 Å². The van der Waals surface area contributed by atoms with Crippen LogP contribution in [0.2, 0.25) is 0 Å². The van der Waals surface area contributed by atoms with Crippen molar-refractivity contribution in [3.8, 4) is 0 Å². The van der Waals surface area contributed by atoms with E-state index in [2.05, 4.69) is 39.5 Å². The van der Waals surface area contributed by atoms with Gasteiger partial charge in [0.1, 0.15) is 0 Å². The van der Waals surface area contributed by atoms with Gasteiger partial charge in [-0.15, -0.1) is 24.0 Å². The van der Waals surface area contributed by atoms with Gasteiger partial charge in [-0.2, -0.15) is 0 Å². The number of amides is 1. The number of ether oxygens (including phenoxy) is 1. The van der Waals surface area contributed by atoms with E-state index in [-0.39, 0.29) is 36.1 Å². The molecule has 0 saturated carbocycles. The Labute approximate surface area is 203 Å². The predicted molar refractivity (Wildman–Crippen MR) is 136 cm³/mol. The van der Waals surface area contributed by atoms with Crippen LogP contribution in [0.25, 0.3) is 0 Å². The molecule has 2 saturated heterocycles. The molecule has 7 nitrogen and oxygen atoms in total. The summed E-state index contributed by atoms with van der Waals surface area (Å²) in [5, 5.41) is 3.33. The topological polar surface area (TPSA) is 83.2 Å². The van der Waals surface area contributed by atoms with Crippen LogP contribution in [0.15, 0.2) is 29.3 Å². The number of nitrogens with two attached hydrogens (primary N) is 1. The summed E-state index contributed by atoms with van der Waals surface area (Å²) >= 11 is 0. The maximum Gasteiger partial charge on any atom is 0.409 e. The molecular weight excluding hydrogens is 505 g/mol. The van der Waals surface area contributed by atoms with Crippen molar-refractivity contribution in [1.29, 1.82) is 0 Å². The van der Waals surface area contributed by atoms with Crippen LogP contribution in [0.1, 0.15) is 56.6 Å². The fraction of sp³-hybridized carbons (Fsp3) is 0.652. The largest absolute Gasteiger partial charge is 0.450 e. The zero-order valence-electron chi connectivity index (χ0n) is 18.7. The van der Waals surface area contributed by atoms with Gasteiger partial charge >= 0.3 is 6.09 Å². The first-order chi connectivity index (χ1) is 14.7. The van der Waals surface area contributed by atoms with Crippen LogP contribution in [0.5, 0.6) is 0 Å². The number of carbonyl (C=O) groups is 1. The van der Waals surface area contributed by atoms with Crippen LogP contribution in [0, 0.1) is 0 Å². The van der Waals surface area contributed by atoms with Gasteiger partial charge in [-0.3, -0.25) is 4.90 Å². The van der Waals surface area contributed by atoms with Gasteiger partial charge in [-0.05, 0) is 56.8 Å². The Balaban J connectivity index is 0.00000341. The summed E-state index contributed by atoms with van der Waals surface area (Å²) in [7, 11) is 0. The molecule has 2 heterocycles. The van der Waals surface area contributed by atoms with Crippen LogP contribution < -0.4 is 11.1 Å². The number of likely N-dealkylation sites (tertiary alicyclic amines) is 2. The number of rotatable bonds is 6. The Morgan fingerprint density at radius 3 is 2.39 bits per heavy atom. The van der Waals surface area contributed by atoms with E-state index < -0.39 is 0 Å². The summed E-state index contributed by atoms with van der Waals surface area (Å²) < 4.78 is 5.07. The average molecular weight is 543 g/mol. The van der Waals surface area contributed by atoms with Crippen molar-refractivity contribution in [2.45, 2.75) is 64.6 Å². The number of nitrogens with zero attached hydrogens (tertiary/aromatic N) is 3. The van der Waals surface area contributed by atoms with E-state index in [1.165, 1.54) is 49.9 Å². The molecule has 8 heteroatoms. The van der Waals surface area contributed by atoms with Gasteiger partial charge in [0.15, 0.2) is 5.96 Å². The second-order valence-corrected chi connectivity index (χ2v) is 8.27. The summed E-state index contributed by atoms with van der Waals surface area (Å²) in [4.78, 5) is 20.7. The lowest BCUT2D eigenvalue weighted by atomic mass is 10.1. The molecule has 31 heavy (non-hydrogen) atoms. The van der Waals surface area contributed by atoms with Crippen molar-refractivity contribution in [1.82, 2.24) is 15.1 Å². The number of hydrogen-bond donors (Lipinski definition) is 2. The van der Waals surface area contributed by atoms with E-state index in [1.54, 1.807) is 4.90 Å². The van der Waals surface area contributed by atoms with E-state index >= 15 is 0 Å². The molecule has 2 fully saturated rings. The molecule has 0 aliphatic carbocycles. The SMILES string of the molecule is CCOC(=O)N1CCC(NC(N)=NCc2ccccc2CN2CCCCCC2)CC1.I. The molecular formula is C23H38IN5O2. The van der Waals surface area contributed by atoms with E-state index in [9.17, 15) is 4.79 Å². The molecule has 0 unspecified atom stereocenters. The third-order valence-corrected chi connectivity index (χ3v) is 6.00. The minimum Gasteiger partial charge on any atom is -0.450 e. The molecule has 0 radical (unpaired) electrons. The summed E-state index contributed by atoms with van der Waals surface area (Å²) in [6.07, 6.45) is 6.77. The van der Waals surface area contributed by atoms with Crippen molar-refractivity contribution in [2.75, 3.05) is 32.8 Å². The Kier molecular flexibility index (Phi) is 11.4. The van der Waals surface area contributed by atoms with Crippen LogP contribution >= 0.6 is 24.0 Å². The highest BCUT2D eigenvalue weighted by atomic mass is 127. The first kappa shape index (κ1) is 25.7. The van der Waals surface area contributed by atoms with Crippen molar-refractivity contribution in [3.05, 3.63) is 35.4 Å². The highest BCUT2D eigenvalue weighted by Crippen LogP contribution is 2.17. The van der Waals surface area contributed by atoms with Gasteiger partial charge in [0.25, 0.3) is 0 Å². The minimum atomic E-state index is -0.224. The van der Waals surface area contributed by atoms with E-state index in [4.69, 9.17) is 10.5 Å². The fourth-order valence-electron chi connectivity index (χ4n) is 4.25. The lowest BCUT2D eigenvalue weighted by Gasteiger charge is -2.31. The number of benzene rings is 1. The standard InChI is InChI=1S/C23H37N5O2.HI/c1-2-30-23(29)28-15-11-21(12-16-28)26-22(24)25-17-19-9-5-6-10-20(19)18-27-13-7-3-4-8-14-27;/h5-6,9-10,21H,2-4,7-8,11-18H2,1H3,(H3,24,25,26);1H. The summed E-state index contributed by atoms with van der Waals surface area (Å²) in [6.45, 7) is 7.56. The van der Waals surface area contributed by atoms with Gasteiger partial charge in [-0.25, -0.2) is 9.79 Å².